The molecule has 0 bridgehead atoms. The summed E-state index contributed by atoms with van der Waals surface area (Å²) in [7, 11) is 0. The largest absolute Gasteiger partial charge is 0.423 e. The number of rotatable bonds is 3. The van der Waals surface area contributed by atoms with Crippen molar-refractivity contribution in [3.8, 4) is 6.07 Å². The van der Waals surface area contributed by atoms with Gasteiger partial charge in [0.1, 0.15) is 11.6 Å². The second kappa shape index (κ2) is 6.76. The molecule has 0 N–H and O–H groups in total. The SMILES string of the molecule is CC(=O)c1ccc(C#N)c(N2CCN(c3nc4cc(C)ccc4o3)CC2)c1. The number of ketones is 1. The van der Waals surface area contributed by atoms with Crippen LogP contribution in [0.2, 0.25) is 0 Å². The maximum Gasteiger partial charge on any atom is 0.298 e. The van der Waals surface area contributed by atoms with Gasteiger partial charge in [-0.15, -0.1) is 0 Å². The van der Waals surface area contributed by atoms with E-state index in [2.05, 4.69) is 20.9 Å². The summed E-state index contributed by atoms with van der Waals surface area (Å²) in [6.07, 6.45) is 0. The zero-order valence-corrected chi connectivity index (χ0v) is 15.4. The van der Waals surface area contributed by atoms with Crippen LogP contribution in [-0.2, 0) is 0 Å². The van der Waals surface area contributed by atoms with Gasteiger partial charge in [0.15, 0.2) is 11.4 Å². The Balaban J connectivity index is 1.54. The van der Waals surface area contributed by atoms with Crippen LogP contribution in [0.4, 0.5) is 11.7 Å². The van der Waals surface area contributed by atoms with Crippen molar-refractivity contribution in [2.75, 3.05) is 36.0 Å². The van der Waals surface area contributed by atoms with Gasteiger partial charge in [0.05, 0.1) is 11.3 Å². The molecule has 0 unspecified atom stereocenters. The molecule has 6 nitrogen and oxygen atoms in total. The minimum absolute atomic E-state index is 0.00106. The number of piperazine rings is 1. The molecule has 1 aliphatic rings. The summed E-state index contributed by atoms with van der Waals surface area (Å²) in [6, 6.07) is 14.1. The van der Waals surface area contributed by atoms with Crippen LogP contribution in [0.25, 0.3) is 11.1 Å². The standard InChI is InChI=1S/C21H20N4O2/c1-14-3-6-20-18(11-14)23-21(27-20)25-9-7-24(8-10-25)19-12-16(15(2)26)4-5-17(19)13-22/h3-6,11-12H,7-10H2,1-2H3. The number of oxazole rings is 1. The Morgan fingerprint density at radius 1 is 1.11 bits per heavy atom. The van der Waals surface area contributed by atoms with Crippen LogP contribution in [0, 0.1) is 18.3 Å². The van der Waals surface area contributed by atoms with Gasteiger partial charge in [-0.2, -0.15) is 10.2 Å². The lowest BCUT2D eigenvalue weighted by molar-refractivity contribution is 0.101. The predicted molar refractivity (Wildman–Crippen MR) is 104 cm³/mol. The average Bonchev–Trinajstić information content (AvgIpc) is 3.10. The smallest absolute Gasteiger partial charge is 0.298 e. The maximum atomic E-state index is 11.7. The highest BCUT2D eigenvalue weighted by Gasteiger charge is 2.23. The molecule has 1 fully saturated rings. The van der Waals surface area contributed by atoms with Crippen molar-refractivity contribution in [3.63, 3.8) is 0 Å². The monoisotopic (exact) mass is 360 g/mol. The van der Waals surface area contributed by atoms with Crippen LogP contribution in [0.1, 0.15) is 28.4 Å². The fourth-order valence-corrected chi connectivity index (χ4v) is 3.41. The molecule has 1 aliphatic heterocycles. The first kappa shape index (κ1) is 17.1. The summed E-state index contributed by atoms with van der Waals surface area (Å²) in [5, 5.41) is 9.41. The van der Waals surface area contributed by atoms with E-state index in [1.807, 2.05) is 31.2 Å². The van der Waals surface area contributed by atoms with Crippen molar-refractivity contribution < 1.29 is 9.21 Å². The molecule has 0 aliphatic carbocycles. The normalized spacial score (nSPS) is 14.4. The molecular weight excluding hydrogens is 340 g/mol. The number of hydrogen-bond donors (Lipinski definition) is 0. The summed E-state index contributed by atoms with van der Waals surface area (Å²) < 4.78 is 5.90. The predicted octanol–water partition coefficient (Wildman–Crippen LogP) is 3.54. The first-order valence-corrected chi connectivity index (χ1v) is 8.97. The highest BCUT2D eigenvalue weighted by Crippen LogP contribution is 2.27. The summed E-state index contributed by atoms with van der Waals surface area (Å²) in [5.41, 5.74) is 4.85. The average molecular weight is 360 g/mol. The molecule has 3 aromatic rings. The minimum atomic E-state index is 0.00106. The number of hydrogen-bond acceptors (Lipinski definition) is 6. The fourth-order valence-electron chi connectivity index (χ4n) is 3.41. The van der Waals surface area contributed by atoms with Gasteiger partial charge in [0, 0.05) is 31.7 Å². The number of Topliss-reactive ketones (excluding diaryl/α,β-unsaturated/α-hetero) is 1. The quantitative estimate of drug-likeness (QED) is 0.665. The molecule has 2 heterocycles. The van der Waals surface area contributed by atoms with Crippen molar-refractivity contribution in [3.05, 3.63) is 53.1 Å². The molecule has 0 radical (unpaired) electrons. The van der Waals surface area contributed by atoms with Gasteiger partial charge in [-0.25, -0.2) is 0 Å². The second-order valence-electron chi connectivity index (χ2n) is 6.84. The van der Waals surface area contributed by atoms with E-state index in [0.717, 1.165) is 48.5 Å². The van der Waals surface area contributed by atoms with Crippen molar-refractivity contribution in [2.45, 2.75) is 13.8 Å². The van der Waals surface area contributed by atoms with Crippen LogP contribution in [0.5, 0.6) is 0 Å². The Hall–Kier alpha value is -3.33. The Morgan fingerprint density at radius 2 is 1.85 bits per heavy atom. The summed E-state index contributed by atoms with van der Waals surface area (Å²) >= 11 is 0. The van der Waals surface area contributed by atoms with Crippen LogP contribution >= 0.6 is 0 Å². The van der Waals surface area contributed by atoms with Crippen LogP contribution in [0.15, 0.2) is 40.8 Å². The summed E-state index contributed by atoms with van der Waals surface area (Å²) in [5.74, 6) is 0.00106. The number of carbonyl (C=O) groups is 1. The Kier molecular flexibility index (Phi) is 4.28. The van der Waals surface area contributed by atoms with E-state index in [1.165, 1.54) is 6.92 Å². The van der Waals surface area contributed by atoms with Crippen molar-refractivity contribution in [1.82, 2.24) is 4.98 Å². The Labute approximate surface area is 157 Å². The lowest BCUT2D eigenvalue weighted by Gasteiger charge is -2.35. The number of carbonyl (C=O) groups excluding carboxylic acids is 1. The van der Waals surface area contributed by atoms with Gasteiger partial charge in [-0.1, -0.05) is 6.07 Å². The zero-order valence-electron chi connectivity index (χ0n) is 15.4. The first-order valence-electron chi connectivity index (χ1n) is 8.97. The molecule has 136 valence electrons. The third-order valence-electron chi connectivity index (χ3n) is 4.95. The van der Waals surface area contributed by atoms with E-state index >= 15 is 0 Å². The molecule has 1 aromatic heterocycles. The van der Waals surface area contributed by atoms with Crippen LogP contribution in [-0.4, -0.2) is 36.9 Å². The van der Waals surface area contributed by atoms with Gasteiger partial charge in [0.2, 0.25) is 0 Å². The number of nitrogens with zero attached hydrogens (tertiary/aromatic N) is 4. The zero-order chi connectivity index (χ0) is 19.0. The first-order chi connectivity index (χ1) is 13.0. The minimum Gasteiger partial charge on any atom is -0.423 e. The number of fused-ring (bicyclic) bond motifs is 1. The molecule has 2 aromatic carbocycles. The van der Waals surface area contributed by atoms with E-state index in [4.69, 9.17) is 4.42 Å². The van der Waals surface area contributed by atoms with Gasteiger partial charge in [0.25, 0.3) is 6.01 Å². The van der Waals surface area contributed by atoms with Gasteiger partial charge in [-0.05, 0) is 49.7 Å². The van der Waals surface area contributed by atoms with E-state index in [0.29, 0.717) is 17.1 Å². The molecule has 0 atom stereocenters. The molecule has 0 spiro atoms. The Bertz CT molecular complexity index is 1060. The van der Waals surface area contributed by atoms with Gasteiger partial charge < -0.3 is 14.2 Å². The van der Waals surface area contributed by atoms with Crippen LogP contribution in [0.3, 0.4) is 0 Å². The number of aryl methyl sites for hydroxylation is 1. The number of nitriles is 1. The maximum absolute atomic E-state index is 11.7. The highest BCUT2D eigenvalue weighted by atomic mass is 16.4. The van der Waals surface area contributed by atoms with Crippen molar-refractivity contribution >= 4 is 28.6 Å². The Morgan fingerprint density at radius 3 is 2.56 bits per heavy atom. The lowest BCUT2D eigenvalue weighted by Crippen LogP contribution is -2.47. The molecule has 1 saturated heterocycles. The lowest BCUT2D eigenvalue weighted by atomic mass is 10.1. The van der Waals surface area contributed by atoms with Crippen LogP contribution < -0.4 is 9.80 Å². The number of benzene rings is 2. The van der Waals surface area contributed by atoms with E-state index in [1.54, 1.807) is 12.1 Å². The van der Waals surface area contributed by atoms with E-state index < -0.39 is 0 Å². The van der Waals surface area contributed by atoms with Crippen molar-refractivity contribution in [1.29, 1.82) is 5.26 Å². The molecule has 0 amide bonds. The second-order valence-corrected chi connectivity index (χ2v) is 6.84. The third kappa shape index (κ3) is 3.24. The molecule has 27 heavy (non-hydrogen) atoms. The molecular formula is C21H20N4O2. The highest BCUT2D eigenvalue weighted by molar-refractivity contribution is 5.95. The van der Waals surface area contributed by atoms with Crippen molar-refractivity contribution in [2.24, 2.45) is 0 Å². The van der Waals surface area contributed by atoms with Gasteiger partial charge >= 0.3 is 0 Å². The summed E-state index contributed by atoms with van der Waals surface area (Å²) in [4.78, 5) is 20.6. The summed E-state index contributed by atoms with van der Waals surface area (Å²) in [6.45, 7) is 6.51. The molecule has 4 rings (SSSR count). The third-order valence-corrected chi connectivity index (χ3v) is 4.95. The topological polar surface area (TPSA) is 73.4 Å². The fraction of sp³-hybridized carbons (Fsp3) is 0.286. The number of aromatic nitrogens is 1. The van der Waals surface area contributed by atoms with Gasteiger partial charge in [-0.3, -0.25) is 4.79 Å². The number of anilines is 2. The van der Waals surface area contributed by atoms with E-state index in [9.17, 15) is 10.1 Å². The molecule has 6 heteroatoms. The molecule has 0 saturated carbocycles. The van der Waals surface area contributed by atoms with E-state index in [-0.39, 0.29) is 5.78 Å².